The lowest BCUT2D eigenvalue weighted by molar-refractivity contribution is 0.0697. The number of thioether (sulfide) groups is 1. The van der Waals surface area contributed by atoms with Gasteiger partial charge in [0.1, 0.15) is 4.83 Å². The van der Waals surface area contributed by atoms with Crippen LogP contribution >= 0.6 is 23.1 Å². The summed E-state index contributed by atoms with van der Waals surface area (Å²) in [7, 11) is 0. The zero-order chi connectivity index (χ0) is 16.7. The summed E-state index contributed by atoms with van der Waals surface area (Å²) in [4.78, 5) is 32.8. The third kappa shape index (κ3) is 2.74. The van der Waals surface area contributed by atoms with Crippen LogP contribution < -0.4 is 5.56 Å². The second-order valence-electron chi connectivity index (χ2n) is 5.70. The van der Waals surface area contributed by atoms with Crippen LogP contribution in [0, 0.1) is 0 Å². The molecule has 0 spiro atoms. The molecule has 24 heavy (non-hydrogen) atoms. The van der Waals surface area contributed by atoms with Crippen LogP contribution in [0.15, 0.2) is 34.2 Å². The van der Waals surface area contributed by atoms with E-state index in [0.29, 0.717) is 10.9 Å². The summed E-state index contributed by atoms with van der Waals surface area (Å²) >= 11 is 3.08. The number of carboxylic acids is 1. The minimum atomic E-state index is -0.934. The Kier molecular flexibility index (Phi) is 3.90. The first kappa shape index (κ1) is 15.4. The zero-order valence-corrected chi connectivity index (χ0v) is 14.3. The number of aromatic carboxylic acids is 1. The number of aryl methyl sites for hydroxylation is 2. The number of hydrogen-bond donors (Lipinski definition) is 2. The molecular formula is C17H14N2O3S2. The van der Waals surface area contributed by atoms with Crippen molar-refractivity contribution in [3.8, 4) is 0 Å². The van der Waals surface area contributed by atoms with Gasteiger partial charge in [0.05, 0.1) is 10.9 Å². The molecule has 0 radical (unpaired) electrons. The van der Waals surface area contributed by atoms with E-state index in [1.165, 1.54) is 22.2 Å². The van der Waals surface area contributed by atoms with Crippen molar-refractivity contribution in [3.05, 3.63) is 56.2 Å². The van der Waals surface area contributed by atoms with Crippen LogP contribution in [0.4, 0.5) is 0 Å². The Morgan fingerprint density at radius 1 is 1.29 bits per heavy atom. The Bertz CT molecular complexity index is 989. The van der Waals surface area contributed by atoms with Gasteiger partial charge in [0.2, 0.25) is 0 Å². The number of benzene rings is 1. The fourth-order valence-corrected chi connectivity index (χ4v) is 5.08. The van der Waals surface area contributed by atoms with Gasteiger partial charge in [-0.2, -0.15) is 0 Å². The van der Waals surface area contributed by atoms with E-state index in [9.17, 15) is 9.59 Å². The van der Waals surface area contributed by atoms with E-state index in [-0.39, 0.29) is 11.1 Å². The molecule has 2 N–H and O–H groups in total. The second-order valence-corrected chi connectivity index (χ2v) is 7.75. The first-order valence-electron chi connectivity index (χ1n) is 7.61. The monoisotopic (exact) mass is 358 g/mol. The highest BCUT2D eigenvalue weighted by Crippen LogP contribution is 2.35. The maximum atomic E-state index is 12.4. The molecule has 7 heteroatoms. The zero-order valence-electron chi connectivity index (χ0n) is 12.7. The summed E-state index contributed by atoms with van der Waals surface area (Å²) in [5.74, 6) is -0.309. The Morgan fingerprint density at radius 2 is 2.08 bits per heavy atom. The van der Waals surface area contributed by atoms with Gasteiger partial charge in [0, 0.05) is 10.6 Å². The van der Waals surface area contributed by atoms with Crippen LogP contribution in [-0.2, 0) is 18.6 Å². The number of carbonyl (C=O) groups is 1. The Labute approximate surface area is 145 Å². The Hall–Kier alpha value is -2.12. The number of carboxylic acid groups (broad SMARTS) is 1. The molecule has 0 atom stereocenters. The number of thiophene rings is 1. The van der Waals surface area contributed by atoms with Crippen LogP contribution in [0.2, 0.25) is 0 Å². The maximum Gasteiger partial charge on any atom is 0.335 e. The van der Waals surface area contributed by atoms with E-state index < -0.39 is 5.97 Å². The van der Waals surface area contributed by atoms with Gasteiger partial charge in [-0.25, -0.2) is 9.78 Å². The number of hydrogen-bond acceptors (Lipinski definition) is 5. The number of nitrogens with one attached hydrogen (secondary N) is 1. The fraction of sp³-hybridized carbons (Fsp3) is 0.235. The molecule has 1 aliphatic rings. The minimum absolute atomic E-state index is 0.0527. The molecule has 0 fully saturated rings. The summed E-state index contributed by atoms with van der Waals surface area (Å²) in [5.41, 5.74) is 2.39. The highest BCUT2D eigenvalue weighted by atomic mass is 32.2. The predicted molar refractivity (Wildman–Crippen MR) is 95.2 cm³/mol. The van der Waals surface area contributed by atoms with Crippen LogP contribution in [0.1, 0.15) is 32.8 Å². The van der Waals surface area contributed by atoms with Gasteiger partial charge in [-0.3, -0.25) is 4.79 Å². The predicted octanol–water partition coefficient (Wildman–Crippen LogP) is 3.46. The van der Waals surface area contributed by atoms with E-state index in [4.69, 9.17) is 5.11 Å². The van der Waals surface area contributed by atoms with E-state index in [1.54, 1.807) is 35.6 Å². The molecule has 0 amide bonds. The molecule has 4 rings (SSSR count). The third-order valence-electron chi connectivity index (χ3n) is 4.13. The van der Waals surface area contributed by atoms with E-state index in [1.807, 2.05) is 0 Å². The lowest BCUT2D eigenvalue weighted by Gasteiger charge is -2.03. The molecule has 1 aromatic carbocycles. The summed E-state index contributed by atoms with van der Waals surface area (Å²) in [6, 6.07) is 6.74. The summed E-state index contributed by atoms with van der Waals surface area (Å²) in [6.07, 6.45) is 3.15. The van der Waals surface area contributed by atoms with Gasteiger partial charge in [-0.1, -0.05) is 23.9 Å². The third-order valence-corrected chi connectivity index (χ3v) is 6.26. The lowest BCUT2D eigenvalue weighted by Crippen LogP contribution is -2.09. The molecule has 2 aromatic heterocycles. The minimum Gasteiger partial charge on any atom is -0.478 e. The lowest BCUT2D eigenvalue weighted by atomic mass is 10.1. The molecule has 0 saturated heterocycles. The van der Waals surface area contributed by atoms with Crippen molar-refractivity contribution < 1.29 is 9.90 Å². The topological polar surface area (TPSA) is 83.0 Å². The molecule has 2 heterocycles. The summed E-state index contributed by atoms with van der Waals surface area (Å²) in [6.45, 7) is 0. The van der Waals surface area contributed by atoms with Crippen LogP contribution in [-0.4, -0.2) is 21.0 Å². The van der Waals surface area contributed by atoms with E-state index in [0.717, 1.165) is 35.0 Å². The summed E-state index contributed by atoms with van der Waals surface area (Å²) in [5, 5.41) is 10.3. The van der Waals surface area contributed by atoms with Gasteiger partial charge < -0.3 is 10.1 Å². The van der Waals surface area contributed by atoms with Crippen molar-refractivity contribution in [2.75, 3.05) is 0 Å². The molecule has 0 unspecified atom stereocenters. The molecule has 1 aliphatic carbocycles. The Balaban J connectivity index is 1.56. The van der Waals surface area contributed by atoms with Gasteiger partial charge in [0.15, 0.2) is 5.16 Å². The first-order valence-corrected chi connectivity index (χ1v) is 9.41. The molecule has 5 nitrogen and oxygen atoms in total. The number of aromatic amines is 1. The molecule has 0 aliphatic heterocycles. The van der Waals surface area contributed by atoms with Crippen molar-refractivity contribution in [1.82, 2.24) is 9.97 Å². The van der Waals surface area contributed by atoms with Crippen LogP contribution in [0.25, 0.3) is 10.2 Å². The van der Waals surface area contributed by atoms with Gasteiger partial charge >= 0.3 is 5.97 Å². The van der Waals surface area contributed by atoms with Crippen molar-refractivity contribution in [1.29, 1.82) is 0 Å². The quantitative estimate of drug-likeness (QED) is 0.551. The second kappa shape index (κ2) is 6.07. The molecule has 3 aromatic rings. The number of aromatic nitrogens is 2. The SMILES string of the molecule is O=C(O)c1ccc(CSc2nc3sc4c(c3c(=O)[nH]2)CCC4)cc1. The number of nitrogens with zero attached hydrogens (tertiary/aromatic N) is 1. The maximum absolute atomic E-state index is 12.4. The Morgan fingerprint density at radius 3 is 2.83 bits per heavy atom. The van der Waals surface area contributed by atoms with Crippen molar-refractivity contribution >= 4 is 39.3 Å². The van der Waals surface area contributed by atoms with Gasteiger partial charge in [-0.15, -0.1) is 11.3 Å². The summed E-state index contributed by atoms with van der Waals surface area (Å²) < 4.78 is 0. The van der Waals surface area contributed by atoms with Crippen LogP contribution in [0.3, 0.4) is 0 Å². The molecule has 0 bridgehead atoms. The average Bonchev–Trinajstić information content (AvgIpc) is 3.13. The van der Waals surface area contributed by atoms with E-state index >= 15 is 0 Å². The highest BCUT2D eigenvalue weighted by molar-refractivity contribution is 7.98. The van der Waals surface area contributed by atoms with E-state index in [2.05, 4.69) is 9.97 Å². The number of H-pyrrole nitrogens is 1. The van der Waals surface area contributed by atoms with Crippen LogP contribution in [0.5, 0.6) is 0 Å². The molecule has 122 valence electrons. The largest absolute Gasteiger partial charge is 0.478 e. The standard InChI is InChI=1S/C17H14N2O3S2/c20-14-13-11-2-1-3-12(11)24-15(13)19-17(18-14)23-8-9-4-6-10(7-5-9)16(21)22/h4-7H,1-3,8H2,(H,21,22)(H,18,19,20). The highest BCUT2D eigenvalue weighted by Gasteiger charge is 2.21. The number of fused-ring (bicyclic) bond motifs is 3. The average molecular weight is 358 g/mol. The fourth-order valence-electron chi connectivity index (χ4n) is 2.95. The first-order chi connectivity index (χ1) is 11.6. The van der Waals surface area contributed by atoms with Gasteiger partial charge in [-0.05, 0) is 42.5 Å². The van der Waals surface area contributed by atoms with Gasteiger partial charge in [0.25, 0.3) is 5.56 Å². The number of rotatable bonds is 4. The smallest absolute Gasteiger partial charge is 0.335 e. The molecule has 0 saturated carbocycles. The molecular weight excluding hydrogens is 344 g/mol. The van der Waals surface area contributed by atoms with Crippen molar-refractivity contribution in [2.24, 2.45) is 0 Å². The normalized spacial score (nSPS) is 13.3. The van der Waals surface area contributed by atoms with Crippen molar-refractivity contribution in [2.45, 2.75) is 30.2 Å². The van der Waals surface area contributed by atoms with Crippen molar-refractivity contribution in [3.63, 3.8) is 0 Å².